The Labute approximate surface area is 73.6 Å². The van der Waals surface area contributed by atoms with Gasteiger partial charge in [0.25, 0.3) is 0 Å². The molecule has 0 amide bonds. The Morgan fingerprint density at radius 2 is 1.83 bits per heavy atom. The maximum atomic E-state index is 10.6. The smallest absolute Gasteiger partial charge is 0.335 e. The first-order chi connectivity index (χ1) is 5.65. The van der Waals surface area contributed by atoms with Crippen LogP contribution in [0.25, 0.3) is 0 Å². The highest BCUT2D eigenvalue weighted by Gasteiger charge is 2.02. The largest absolute Gasteiger partial charge is 0.478 e. The summed E-state index contributed by atoms with van der Waals surface area (Å²) < 4.78 is 0. The molecule has 0 atom stereocenters. The van der Waals surface area contributed by atoms with Gasteiger partial charge in [0.2, 0.25) is 0 Å². The zero-order valence-corrected chi connectivity index (χ0v) is 7.92. The predicted molar refractivity (Wildman–Crippen MR) is 50.1 cm³/mol. The first-order valence-corrected chi connectivity index (χ1v) is 4.24. The molecule has 0 unspecified atom stereocenters. The van der Waals surface area contributed by atoms with E-state index in [1.54, 1.807) is 19.1 Å². The summed E-state index contributed by atoms with van der Waals surface area (Å²) in [5.41, 5.74) is 1.55. The molecule has 0 bridgehead atoms. The first-order valence-electron chi connectivity index (χ1n) is 4.24. The van der Waals surface area contributed by atoms with Gasteiger partial charge in [0, 0.05) is 0 Å². The van der Waals surface area contributed by atoms with Crippen LogP contribution < -0.4 is 0 Å². The van der Waals surface area contributed by atoms with Crippen molar-refractivity contribution in [2.24, 2.45) is 0 Å². The Kier molecular flexibility index (Phi) is 5.09. The molecule has 0 heterocycles. The molecule has 68 valence electrons. The van der Waals surface area contributed by atoms with Crippen LogP contribution in [0.3, 0.4) is 0 Å². The maximum Gasteiger partial charge on any atom is 0.335 e. The summed E-state index contributed by atoms with van der Waals surface area (Å²) in [5, 5.41) is 8.70. The van der Waals surface area contributed by atoms with Gasteiger partial charge in [-0.2, -0.15) is 0 Å². The Hall–Kier alpha value is -1.05. The summed E-state index contributed by atoms with van der Waals surface area (Å²) in [6.07, 6.45) is 5.21. The van der Waals surface area contributed by atoms with Gasteiger partial charge >= 0.3 is 5.97 Å². The van der Waals surface area contributed by atoms with Gasteiger partial charge in [-0.15, -0.1) is 0 Å². The SMILES string of the molecule is C/C=C(\C=C(CC)CC)C(=O)O. The molecule has 0 aliphatic carbocycles. The summed E-state index contributed by atoms with van der Waals surface area (Å²) in [7, 11) is 0. The Morgan fingerprint density at radius 1 is 1.33 bits per heavy atom. The molecule has 0 aromatic rings. The molecule has 0 radical (unpaired) electrons. The number of hydrogen-bond donors (Lipinski definition) is 1. The second-order valence-electron chi connectivity index (χ2n) is 2.56. The van der Waals surface area contributed by atoms with E-state index in [2.05, 4.69) is 0 Å². The standard InChI is InChI=1S/C10H16O2/c1-4-8(5-2)7-9(6-3)10(11)12/h6-7H,4-5H2,1-3H3,(H,11,12)/b9-6+. The molecule has 0 saturated heterocycles. The average Bonchev–Trinajstić information content (AvgIpc) is 2.06. The van der Waals surface area contributed by atoms with Gasteiger partial charge in [-0.25, -0.2) is 4.79 Å². The number of carboxylic acid groups (broad SMARTS) is 1. The first kappa shape index (κ1) is 11.0. The topological polar surface area (TPSA) is 37.3 Å². The number of hydrogen-bond acceptors (Lipinski definition) is 1. The quantitative estimate of drug-likeness (QED) is 0.517. The van der Waals surface area contributed by atoms with Crippen LogP contribution >= 0.6 is 0 Å². The van der Waals surface area contributed by atoms with Crippen LogP contribution in [0.4, 0.5) is 0 Å². The number of aliphatic carboxylic acids is 1. The van der Waals surface area contributed by atoms with Gasteiger partial charge in [-0.1, -0.05) is 25.5 Å². The lowest BCUT2D eigenvalue weighted by atomic mass is 10.1. The van der Waals surface area contributed by atoms with Gasteiger partial charge in [0.1, 0.15) is 0 Å². The molecule has 0 spiro atoms. The van der Waals surface area contributed by atoms with Crippen molar-refractivity contribution in [3.8, 4) is 0 Å². The van der Waals surface area contributed by atoms with Crippen molar-refractivity contribution in [1.29, 1.82) is 0 Å². The van der Waals surface area contributed by atoms with Gasteiger partial charge in [-0.05, 0) is 25.8 Å². The highest BCUT2D eigenvalue weighted by molar-refractivity contribution is 5.89. The predicted octanol–water partition coefficient (Wildman–Crippen LogP) is 2.76. The van der Waals surface area contributed by atoms with E-state index in [9.17, 15) is 4.79 Å². The Balaban J connectivity index is 4.56. The van der Waals surface area contributed by atoms with Gasteiger partial charge < -0.3 is 5.11 Å². The molecule has 2 heteroatoms. The summed E-state index contributed by atoms with van der Waals surface area (Å²) in [6.45, 7) is 5.80. The molecule has 0 aromatic heterocycles. The molecular weight excluding hydrogens is 152 g/mol. The fourth-order valence-electron chi connectivity index (χ4n) is 0.943. The third-order valence-corrected chi connectivity index (χ3v) is 1.83. The molecule has 0 saturated carbocycles. The summed E-state index contributed by atoms with van der Waals surface area (Å²) in [6, 6.07) is 0. The molecule has 0 aliphatic rings. The molecule has 0 aromatic carbocycles. The lowest BCUT2D eigenvalue weighted by Gasteiger charge is -2.00. The van der Waals surface area contributed by atoms with E-state index in [-0.39, 0.29) is 0 Å². The van der Waals surface area contributed by atoms with Crippen molar-refractivity contribution in [2.75, 3.05) is 0 Å². The van der Waals surface area contributed by atoms with Crippen LogP contribution in [0.1, 0.15) is 33.6 Å². The second-order valence-corrected chi connectivity index (χ2v) is 2.56. The second kappa shape index (κ2) is 5.58. The number of carbonyl (C=O) groups is 1. The minimum atomic E-state index is -0.850. The van der Waals surface area contributed by atoms with Crippen LogP contribution in [0.2, 0.25) is 0 Å². The van der Waals surface area contributed by atoms with Crippen LogP contribution in [-0.4, -0.2) is 11.1 Å². The molecule has 12 heavy (non-hydrogen) atoms. The van der Waals surface area contributed by atoms with Crippen LogP contribution in [0, 0.1) is 0 Å². The monoisotopic (exact) mass is 168 g/mol. The Bertz CT molecular complexity index is 206. The van der Waals surface area contributed by atoms with Crippen LogP contribution in [0.5, 0.6) is 0 Å². The van der Waals surface area contributed by atoms with Crippen molar-refractivity contribution in [1.82, 2.24) is 0 Å². The third-order valence-electron chi connectivity index (χ3n) is 1.83. The van der Waals surface area contributed by atoms with E-state index in [0.717, 1.165) is 12.8 Å². The Morgan fingerprint density at radius 3 is 2.08 bits per heavy atom. The fraction of sp³-hybridized carbons (Fsp3) is 0.500. The van der Waals surface area contributed by atoms with Gasteiger partial charge in [0.15, 0.2) is 0 Å². The normalized spacial score (nSPS) is 11.1. The number of carboxylic acids is 1. The van der Waals surface area contributed by atoms with Gasteiger partial charge in [0.05, 0.1) is 5.57 Å². The molecule has 1 N–H and O–H groups in total. The van der Waals surface area contributed by atoms with E-state index in [4.69, 9.17) is 5.11 Å². The average molecular weight is 168 g/mol. The highest BCUT2D eigenvalue weighted by Crippen LogP contribution is 2.09. The molecule has 2 nitrogen and oxygen atoms in total. The fourth-order valence-corrected chi connectivity index (χ4v) is 0.943. The summed E-state index contributed by atoms with van der Waals surface area (Å²) >= 11 is 0. The summed E-state index contributed by atoms with van der Waals surface area (Å²) in [5.74, 6) is -0.850. The van der Waals surface area contributed by atoms with Crippen molar-refractivity contribution < 1.29 is 9.90 Å². The molecule has 0 rings (SSSR count). The highest BCUT2D eigenvalue weighted by atomic mass is 16.4. The molecule has 0 fully saturated rings. The van der Waals surface area contributed by atoms with Crippen molar-refractivity contribution in [3.05, 3.63) is 23.3 Å². The van der Waals surface area contributed by atoms with E-state index in [0.29, 0.717) is 5.57 Å². The van der Waals surface area contributed by atoms with Crippen LogP contribution in [0.15, 0.2) is 23.3 Å². The number of allylic oxidation sites excluding steroid dienone is 2. The lowest BCUT2D eigenvalue weighted by Crippen LogP contribution is -1.98. The zero-order valence-electron chi connectivity index (χ0n) is 7.92. The van der Waals surface area contributed by atoms with Gasteiger partial charge in [-0.3, -0.25) is 0 Å². The third kappa shape index (κ3) is 3.37. The van der Waals surface area contributed by atoms with Crippen molar-refractivity contribution in [2.45, 2.75) is 33.6 Å². The maximum absolute atomic E-state index is 10.6. The van der Waals surface area contributed by atoms with E-state index in [1.165, 1.54) is 5.57 Å². The van der Waals surface area contributed by atoms with E-state index < -0.39 is 5.97 Å². The summed E-state index contributed by atoms with van der Waals surface area (Å²) in [4.78, 5) is 10.6. The molecular formula is C10H16O2. The van der Waals surface area contributed by atoms with Crippen molar-refractivity contribution >= 4 is 5.97 Å². The lowest BCUT2D eigenvalue weighted by molar-refractivity contribution is -0.132. The van der Waals surface area contributed by atoms with Crippen molar-refractivity contribution in [3.63, 3.8) is 0 Å². The molecule has 0 aliphatic heterocycles. The van der Waals surface area contributed by atoms with E-state index >= 15 is 0 Å². The minimum Gasteiger partial charge on any atom is -0.478 e. The number of rotatable bonds is 4. The zero-order chi connectivity index (χ0) is 9.56. The van der Waals surface area contributed by atoms with Crippen LogP contribution in [-0.2, 0) is 4.79 Å². The minimum absolute atomic E-state index is 0.383. The van der Waals surface area contributed by atoms with E-state index in [1.807, 2.05) is 13.8 Å².